The Kier molecular flexibility index (Phi) is 3.65. The molecule has 1 fully saturated rings. The summed E-state index contributed by atoms with van der Waals surface area (Å²) < 4.78 is 0.272. The van der Waals surface area contributed by atoms with Gasteiger partial charge in [-0.15, -0.1) is 23.5 Å². The van der Waals surface area contributed by atoms with Crippen molar-refractivity contribution >= 4 is 23.5 Å². The Labute approximate surface area is 99.7 Å². The van der Waals surface area contributed by atoms with Crippen molar-refractivity contribution in [1.29, 1.82) is 0 Å². The van der Waals surface area contributed by atoms with Crippen molar-refractivity contribution in [2.45, 2.75) is 23.5 Å². The summed E-state index contributed by atoms with van der Waals surface area (Å²) in [4.78, 5) is 0. The molecule has 1 heterocycles. The lowest BCUT2D eigenvalue weighted by Gasteiger charge is -2.34. The maximum atomic E-state index is 10.6. The van der Waals surface area contributed by atoms with Gasteiger partial charge in [-0.05, 0) is 30.4 Å². The fourth-order valence-electron chi connectivity index (χ4n) is 1.72. The standard InChI is InChI=1S/C12H16OS2/c1-12(13,10-6-3-2-4-7-10)11-14-8-5-9-15-11/h2-4,6-7,11,13H,5,8-9H2,1H3. The van der Waals surface area contributed by atoms with E-state index in [0.717, 1.165) is 5.56 Å². The Morgan fingerprint density at radius 2 is 1.80 bits per heavy atom. The highest BCUT2D eigenvalue weighted by Crippen LogP contribution is 2.42. The van der Waals surface area contributed by atoms with Crippen LogP contribution in [0.2, 0.25) is 0 Å². The van der Waals surface area contributed by atoms with Crippen LogP contribution in [0.25, 0.3) is 0 Å². The highest BCUT2D eigenvalue weighted by atomic mass is 32.2. The summed E-state index contributed by atoms with van der Waals surface area (Å²) in [6.45, 7) is 1.93. The van der Waals surface area contributed by atoms with Crippen LogP contribution in [0.1, 0.15) is 18.9 Å². The van der Waals surface area contributed by atoms with Gasteiger partial charge in [0.25, 0.3) is 0 Å². The maximum absolute atomic E-state index is 10.6. The zero-order chi connectivity index (χ0) is 10.7. The van der Waals surface area contributed by atoms with Crippen LogP contribution in [0.5, 0.6) is 0 Å². The van der Waals surface area contributed by atoms with Gasteiger partial charge in [0.15, 0.2) is 0 Å². The molecule has 2 rings (SSSR count). The molecule has 1 aromatic rings. The Balaban J connectivity index is 2.18. The first-order valence-corrected chi connectivity index (χ1v) is 7.32. The van der Waals surface area contributed by atoms with Crippen LogP contribution in [0.15, 0.2) is 30.3 Å². The van der Waals surface area contributed by atoms with Crippen LogP contribution in [0, 0.1) is 0 Å². The summed E-state index contributed by atoms with van der Waals surface area (Å²) in [5, 5.41) is 10.6. The lowest BCUT2D eigenvalue weighted by molar-refractivity contribution is 0.0754. The van der Waals surface area contributed by atoms with Gasteiger partial charge >= 0.3 is 0 Å². The lowest BCUT2D eigenvalue weighted by Crippen LogP contribution is -2.34. The molecule has 0 aromatic heterocycles. The van der Waals surface area contributed by atoms with E-state index in [1.54, 1.807) is 0 Å². The first-order chi connectivity index (χ1) is 7.21. The fourth-order valence-corrected chi connectivity index (χ4v) is 4.84. The van der Waals surface area contributed by atoms with Crippen LogP contribution in [-0.2, 0) is 5.60 Å². The molecule has 0 saturated carbocycles. The molecule has 0 amide bonds. The molecule has 1 aromatic carbocycles. The molecule has 1 saturated heterocycles. The van der Waals surface area contributed by atoms with Gasteiger partial charge in [-0.2, -0.15) is 0 Å². The van der Waals surface area contributed by atoms with Crippen LogP contribution in [0.3, 0.4) is 0 Å². The second-order valence-corrected chi connectivity index (χ2v) is 6.66. The first-order valence-electron chi connectivity index (χ1n) is 5.22. The molecule has 1 atom stereocenters. The van der Waals surface area contributed by atoms with Crippen molar-refractivity contribution < 1.29 is 5.11 Å². The third-order valence-corrected chi connectivity index (χ3v) is 6.03. The molecular weight excluding hydrogens is 224 g/mol. The number of benzene rings is 1. The molecular formula is C12H16OS2. The highest BCUT2D eigenvalue weighted by molar-refractivity contribution is 8.17. The minimum atomic E-state index is -0.711. The molecule has 1 unspecified atom stereocenters. The zero-order valence-electron chi connectivity index (χ0n) is 8.85. The first kappa shape index (κ1) is 11.4. The molecule has 15 heavy (non-hydrogen) atoms. The molecule has 0 spiro atoms. The zero-order valence-corrected chi connectivity index (χ0v) is 10.5. The van der Waals surface area contributed by atoms with E-state index >= 15 is 0 Å². The smallest absolute Gasteiger partial charge is 0.108 e. The molecule has 0 radical (unpaired) electrons. The monoisotopic (exact) mass is 240 g/mol. The second-order valence-electron chi connectivity index (χ2n) is 3.94. The van der Waals surface area contributed by atoms with Crippen molar-refractivity contribution in [3.05, 3.63) is 35.9 Å². The highest BCUT2D eigenvalue weighted by Gasteiger charge is 2.35. The van der Waals surface area contributed by atoms with Crippen molar-refractivity contribution in [2.24, 2.45) is 0 Å². The average molecular weight is 240 g/mol. The molecule has 1 aliphatic heterocycles. The van der Waals surface area contributed by atoms with Gasteiger partial charge in [-0.3, -0.25) is 0 Å². The second kappa shape index (κ2) is 4.81. The summed E-state index contributed by atoms with van der Waals surface area (Å²) in [6.07, 6.45) is 1.26. The van der Waals surface area contributed by atoms with E-state index in [9.17, 15) is 5.11 Å². The Morgan fingerprint density at radius 1 is 1.20 bits per heavy atom. The van der Waals surface area contributed by atoms with Gasteiger partial charge in [0.2, 0.25) is 0 Å². The SMILES string of the molecule is CC(O)(c1ccccc1)C1SCCCS1. The Morgan fingerprint density at radius 3 is 2.40 bits per heavy atom. The van der Waals surface area contributed by atoms with Gasteiger partial charge in [0.05, 0.1) is 4.58 Å². The third-order valence-electron chi connectivity index (χ3n) is 2.64. The number of aliphatic hydroxyl groups is 1. The van der Waals surface area contributed by atoms with Gasteiger partial charge < -0.3 is 5.11 Å². The quantitative estimate of drug-likeness (QED) is 0.858. The van der Waals surface area contributed by atoms with Crippen LogP contribution in [-0.4, -0.2) is 21.2 Å². The topological polar surface area (TPSA) is 20.2 Å². The van der Waals surface area contributed by atoms with Gasteiger partial charge in [-0.1, -0.05) is 30.3 Å². The third kappa shape index (κ3) is 2.52. The molecule has 82 valence electrons. The van der Waals surface area contributed by atoms with Crippen molar-refractivity contribution in [3.8, 4) is 0 Å². The van der Waals surface area contributed by atoms with Gasteiger partial charge in [-0.25, -0.2) is 0 Å². The van der Waals surface area contributed by atoms with Crippen LogP contribution in [0.4, 0.5) is 0 Å². The fraction of sp³-hybridized carbons (Fsp3) is 0.500. The van der Waals surface area contributed by atoms with E-state index in [1.807, 2.05) is 60.8 Å². The maximum Gasteiger partial charge on any atom is 0.108 e. The summed E-state index contributed by atoms with van der Waals surface area (Å²) in [5.74, 6) is 2.33. The molecule has 1 nitrogen and oxygen atoms in total. The minimum absolute atomic E-state index is 0.272. The number of hydrogen-bond acceptors (Lipinski definition) is 3. The van der Waals surface area contributed by atoms with E-state index in [-0.39, 0.29) is 4.58 Å². The normalized spacial score (nSPS) is 22.3. The lowest BCUT2D eigenvalue weighted by atomic mass is 9.98. The van der Waals surface area contributed by atoms with E-state index in [1.165, 1.54) is 17.9 Å². The summed E-state index contributed by atoms with van der Waals surface area (Å²) in [7, 11) is 0. The number of hydrogen-bond donors (Lipinski definition) is 1. The molecule has 0 aliphatic carbocycles. The van der Waals surface area contributed by atoms with Gasteiger partial charge in [0, 0.05) is 0 Å². The Bertz CT molecular complexity index is 305. The van der Waals surface area contributed by atoms with Crippen molar-refractivity contribution in [2.75, 3.05) is 11.5 Å². The van der Waals surface area contributed by atoms with Crippen molar-refractivity contribution in [3.63, 3.8) is 0 Å². The van der Waals surface area contributed by atoms with E-state index in [4.69, 9.17) is 0 Å². The van der Waals surface area contributed by atoms with E-state index in [0.29, 0.717) is 0 Å². The molecule has 1 aliphatic rings. The summed E-state index contributed by atoms with van der Waals surface area (Å²) in [6, 6.07) is 9.98. The van der Waals surface area contributed by atoms with E-state index in [2.05, 4.69) is 0 Å². The Hall–Kier alpha value is -0.120. The summed E-state index contributed by atoms with van der Waals surface area (Å²) in [5.41, 5.74) is 0.314. The number of thioether (sulfide) groups is 2. The van der Waals surface area contributed by atoms with E-state index < -0.39 is 5.60 Å². The number of rotatable bonds is 2. The molecule has 1 N–H and O–H groups in total. The minimum Gasteiger partial charge on any atom is -0.383 e. The summed E-state index contributed by atoms with van der Waals surface area (Å²) >= 11 is 3.76. The molecule has 3 heteroatoms. The predicted molar refractivity (Wildman–Crippen MR) is 69.3 cm³/mol. The molecule has 0 bridgehead atoms. The van der Waals surface area contributed by atoms with Crippen LogP contribution < -0.4 is 0 Å². The predicted octanol–water partition coefficient (Wildman–Crippen LogP) is 3.09. The largest absolute Gasteiger partial charge is 0.383 e. The average Bonchev–Trinajstić information content (AvgIpc) is 2.31. The van der Waals surface area contributed by atoms with Crippen molar-refractivity contribution in [1.82, 2.24) is 0 Å². The van der Waals surface area contributed by atoms with Gasteiger partial charge in [0.1, 0.15) is 5.60 Å². The van der Waals surface area contributed by atoms with Crippen LogP contribution >= 0.6 is 23.5 Å².